The molecule has 27 heavy (non-hydrogen) atoms. The van der Waals surface area contributed by atoms with E-state index in [1.54, 1.807) is 12.4 Å². The van der Waals surface area contributed by atoms with Gasteiger partial charge in [0, 0.05) is 57.4 Å². The van der Waals surface area contributed by atoms with Crippen molar-refractivity contribution in [2.24, 2.45) is 0 Å². The van der Waals surface area contributed by atoms with Crippen LogP contribution >= 0.6 is 0 Å². The Morgan fingerprint density at radius 3 is 2.63 bits per heavy atom. The molecule has 0 radical (unpaired) electrons. The van der Waals surface area contributed by atoms with E-state index in [0.29, 0.717) is 12.1 Å². The Kier molecular flexibility index (Phi) is 7.12. The van der Waals surface area contributed by atoms with Crippen LogP contribution in [0.5, 0.6) is 0 Å². The van der Waals surface area contributed by atoms with Crippen LogP contribution in [0.25, 0.3) is 0 Å². The minimum absolute atomic E-state index is 0.0946. The molecule has 1 fully saturated rings. The third-order valence-corrected chi connectivity index (χ3v) is 4.74. The topological polar surface area (TPSA) is 81.6 Å². The van der Waals surface area contributed by atoms with E-state index in [0.717, 1.165) is 57.1 Å². The van der Waals surface area contributed by atoms with Crippen LogP contribution < -0.4 is 10.2 Å². The summed E-state index contributed by atoms with van der Waals surface area (Å²) in [7, 11) is 0. The molecule has 3 rings (SSSR count). The van der Waals surface area contributed by atoms with Gasteiger partial charge in [-0.15, -0.1) is 0 Å². The molecule has 144 valence electrons. The van der Waals surface area contributed by atoms with Gasteiger partial charge in [-0.1, -0.05) is 6.07 Å². The molecule has 1 saturated heterocycles. The average molecular weight is 369 g/mol. The zero-order valence-corrected chi connectivity index (χ0v) is 15.5. The van der Waals surface area contributed by atoms with E-state index in [-0.39, 0.29) is 12.5 Å². The summed E-state index contributed by atoms with van der Waals surface area (Å²) in [6.07, 6.45) is 5.13. The van der Waals surface area contributed by atoms with Gasteiger partial charge in [0.1, 0.15) is 5.82 Å². The Balaban J connectivity index is 1.42. The first-order chi connectivity index (χ1) is 13.3. The number of hydrogen-bond acceptors (Lipinski definition) is 6. The Labute approximate surface area is 160 Å². The van der Waals surface area contributed by atoms with Crippen molar-refractivity contribution in [3.05, 3.63) is 54.0 Å². The number of aliphatic hydroxyl groups excluding tert-OH is 1. The van der Waals surface area contributed by atoms with Gasteiger partial charge < -0.3 is 15.3 Å². The lowest BCUT2D eigenvalue weighted by atomic mass is 10.2. The number of carbonyl (C=O) groups is 1. The van der Waals surface area contributed by atoms with Crippen LogP contribution in [0.4, 0.5) is 5.82 Å². The summed E-state index contributed by atoms with van der Waals surface area (Å²) in [5.74, 6) is 0.799. The molecule has 0 aliphatic carbocycles. The molecule has 0 bridgehead atoms. The number of aromatic nitrogens is 2. The molecule has 0 unspecified atom stereocenters. The van der Waals surface area contributed by atoms with Crippen LogP contribution in [0.15, 0.2) is 42.7 Å². The molecule has 3 heterocycles. The lowest BCUT2D eigenvalue weighted by Crippen LogP contribution is -2.47. The number of aryl methyl sites for hydroxylation is 1. The Morgan fingerprint density at radius 2 is 1.96 bits per heavy atom. The number of anilines is 1. The van der Waals surface area contributed by atoms with Crippen molar-refractivity contribution in [2.75, 3.05) is 50.8 Å². The highest BCUT2D eigenvalue weighted by Gasteiger charge is 2.17. The van der Waals surface area contributed by atoms with Gasteiger partial charge in [-0.25, -0.2) is 4.98 Å². The van der Waals surface area contributed by atoms with Crippen LogP contribution in [0.1, 0.15) is 22.5 Å². The van der Waals surface area contributed by atoms with Crippen LogP contribution in [-0.4, -0.2) is 71.8 Å². The predicted molar refractivity (Wildman–Crippen MR) is 105 cm³/mol. The van der Waals surface area contributed by atoms with Gasteiger partial charge in [-0.2, -0.15) is 0 Å². The Bertz CT molecular complexity index is 700. The molecule has 2 N–H and O–H groups in total. The molecule has 0 spiro atoms. The van der Waals surface area contributed by atoms with Gasteiger partial charge in [0.2, 0.25) is 0 Å². The van der Waals surface area contributed by atoms with Crippen LogP contribution in [0.2, 0.25) is 0 Å². The summed E-state index contributed by atoms with van der Waals surface area (Å²) in [6.45, 7) is 5.13. The summed E-state index contributed by atoms with van der Waals surface area (Å²) < 4.78 is 0. The van der Waals surface area contributed by atoms with Gasteiger partial charge in [0.25, 0.3) is 5.91 Å². The highest BCUT2D eigenvalue weighted by molar-refractivity contribution is 5.94. The molecule has 0 saturated carbocycles. The monoisotopic (exact) mass is 369 g/mol. The quantitative estimate of drug-likeness (QED) is 0.675. The van der Waals surface area contributed by atoms with Crippen molar-refractivity contribution in [2.45, 2.75) is 12.8 Å². The third-order valence-electron chi connectivity index (χ3n) is 4.74. The summed E-state index contributed by atoms with van der Waals surface area (Å²) >= 11 is 0. The summed E-state index contributed by atoms with van der Waals surface area (Å²) in [5.41, 5.74) is 1.62. The maximum absolute atomic E-state index is 12.2. The van der Waals surface area contributed by atoms with Gasteiger partial charge in [0.05, 0.1) is 12.2 Å². The molecular formula is C20H27N5O2. The number of aliphatic hydroxyl groups is 1. The van der Waals surface area contributed by atoms with E-state index in [1.165, 1.54) is 0 Å². The first kappa shape index (κ1) is 19.3. The lowest BCUT2D eigenvalue weighted by molar-refractivity contribution is 0.0953. The summed E-state index contributed by atoms with van der Waals surface area (Å²) in [5, 5.41) is 11.9. The van der Waals surface area contributed by atoms with Crippen molar-refractivity contribution in [3.63, 3.8) is 0 Å². The maximum Gasteiger partial charge on any atom is 0.252 e. The molecule has 1 aliphatic heterocycles. The number of nitrogens with one attached hydrogen (secondary N) is 1. The van der Waals surface area contributed by atoms with Crippen LogP contribution in [0.3, 0.4) is 0 Å². The molecule has 0 aromatic carbocycles. The fraction of sp³-hybridized carbons (Fsp3) is 0.450. The molecule has 1 aliphatic rings. The largest absolute Gasteiger partial charge is 0.395 e. The van der Waals surface area contributed by atoms with E-state index >= 15 is 0 Å². The zero-order chi connectivity index (χ0) is 18.9. The number of amides is 1. The number of pyridine rings is 2. The number of hydrogen-bond donors (Lipinski definition) is 2. The number of piperazine rings is 1. The van der Waals surface area contributed by atoms with Crippen LogP contribution in [-0.2, 0) is 6.42 Å². The molecule has 7 nitrogen and oxygen atoms in total. The molecule has 2 aromatic rings. The van der Waals surface area contributed by atoms with Gasteiger partial charge >= 0.3 is 0 Å². The van der Waals surface area contributed by atoms with E-state index in [1.807, 2.05) is 30.3 Å². The Morgan fingerprint density at radius 1 is 1.11 bits per heavy atom. The maximum atomic E-state index is 12.2. The zero-order valence-electron chi connectivity index (χ0n) is 15.5. The first-order valence-electron chi connectivity index (χ1n) is 9.48. The normalized spacial score (nSPS) is 14.9. The fourth-order valence-electron chi connectivity index (χ4n) is 3.17. The van der Waals surface area contributed by atoms with Crippen molar-refractivity contribution >= 4 is 11.7 Å². The predicted octanol–water partition coefficient (Wildman–Crippen LogP) is 0.953. The SMILES string of the molecule is O=C(NCCCc1ccccn1)c1ccc(N2CCN(CCO)CC2)nc1. The second kappa shape index (κ2) is 9.99. The molecule has 0 atom stereocenters. The second-order valence-electron chi connectivity index (χ2n) is 6.64. The highest BCUT2D eigenvalue weighted by Crippen LogP contribution is 2.14. The second-order valence-corrected chi connectivity index (χ2v) is 6.64. The number of rotatable bonds is 8. The van der Waals surface area contributed by atoms with E-state index in [9.17, 15) is 4.79 Å². The van der Waals surface area contributed by atoms with Gasteiger partial charge in [-0.3, -0.25) is 14.7 Å². The third kappa shape index (κ3) is 5.74. The van der Waals surface area contributed by atoms with Crippen LogP contribution in [0, 0.1) is 0 Å². The number of nitrogens with zero attached hydrogens (tertiary/aromatic N) is 4. The average Bonchev–Trinajstić information content (AvgIpc) is 2.73. The molecule has 1 amide bonds. The standard InChI is InChI=1S/C20H27N5O2/c26-15-14-24-10-12-25(13-11-24)19-7-6-17(16-23-19)20(27)22-9-3-5-18-4-1-2-8-21-18/h1-2,4,6-8,16,26H,3,5,9-15H2,(H,22,27). The van der Waals surface area contributed by atoms with Gasteiger partial charge in [0.15, 0.2) is 0 Å². The number of β-amino-alcohol motifs (C(OH)–C–C–N with tert-alkyl or cyclic N) is 1. The smallest absolute Gasteiger partial charge is 0.252 e. The molecule has 2 aromatic heterocycles. The first-order valence-corrected chi connectivity index (χ1v) is 9.48. The van der Waals surface area contributed by atoms with E-state index in [2.05, 4.69) is 25.1 Å². The highest BCUT2D eigenvalue weighted by atomic mass is 16.3. The van der Waals surface area contributed by atoms with Crippen molar-refractivity contribution < 1.29 is 9.90 Å². The van der Waals surface area contributed by atoms with Gasteiger partial charge in [-0.05, 0) is 37.1 Å². The minimum Gasteiger partial charge on any atom is -0.395 e. The summed E-state index contributed by atoms with van der Waals surface area (Å²) in [6, 6.07) is 9.60. The van der Waals surface area contributed by atoms with Crippen molar-refractivity contribution in [1.82, 2.24) is 20.2 Å². The molecule has 7 heteroatoms. The molecular weight excluding hydrogens is 342 g/mol. The van der Waals surface area contributed by atoms with Crippen molar-refractivity contribution in [3.8, 4) is 0 Å². The lowest BCUT2D eigenvalue weighted by Gasteiger charge is -2.35. The van der Waals surface area contributed by atoms with E-state index < -0.39 is 0 Å². The summed E-state index contributed by atoms with van der Waals surface area (Å²) in [4.78, 5) is 25.4. The van der Waals surface area contributed by atoms with Crippen molar-refractivity contribution in [1.29, 1.82) is 0 Å². The van der Waals surface area contributed by atoms with E-state index in [4.69, 9.17) is 5.11 Å². The fourth-order valence-corrected chi connectivity index (χ4v) is 3.17. The minimum atomic E-state index is -0.0946. The Hall–Kier alpha value is -2.51. The number of carbonyl (C=O) groups excluding carboxylic acids is 1.